The maximum atomic E-state index is 12.7. The molecule has 4 aromatic rings. The molecule has 0 aliphatic rings. The summed E-state index contributed by atoms with van der Waals surface area (Å²) in [4.78, 5) is 17.1. The van der Waals surface area contributed by atoms with Crippen LogP contribution in [0.3, 0.4) is 0 Å². The highest BCUT2D eigenvalue weighted by atomic mass is 16.5. The molecule has 4 rings (SSSR count). The second kappa shape index (κ2) is 7.33. The van der Waals surface area contributed by atoms with E-state index in [1.165, 1.54) is 0 Å². The van der Waals surface area contributed by atoms with Gasteiger partial charge in [-0.3, -0.25) is 9.36 Å². The molecule has 0 spiro atoms. The van der Waals surface area contributed by atoms with Crippen LogP contribution in [0.25, 0.3) is 16.7 Å². The van der Waals surface area contributed by atoms with Gasteiger partial charge in [0.05, 0.1) is 23.3 Å². The molecule has 1 aromatic heterocycles. The van der Waals surface area contributed by atoms with Crippen LogP contribution in [0.5, 0.6) is 5.75 Å². The van der Waals surface area contributed by atoms with Crippen LogP contribution in [0, 0.1) is 0 Å². The molecule has 0 atom stereocenters. The molecule has 0 aliphatic heterocycles. The van der Waals surface area contributed by atoms with Gasteiger partial charge in [-0.25, -0.2) is 4.98 Å². The fraction of sp³-hybridized carbons (Fsp3) is 0.0909. The Kier molecular flexibility index (Phi) is 4.58. The zero-order valence-corrected chi connectivity index (χ0v) is 14.9. The van der Waals surface area contributed by atoms with Gasteiger partial charge in [0.15, 0.2) is 0 Å². The van der Waals surface area contributed by atoms with Crippen molar-refractivity contribution in [1.29, 1.82) is 0 Å². The summed E-state index contributed by atoms with van der Waals surface area (Å²) < 4.78 is 7.57. The second-order valence-electron chi connectivity index (χ2n) is 6.04. The van der Waals surface area contributed by atoms with E-state index < -0.39 is 0 Å². The van der Waals surface area contributed by atoms with E-state index in [2.05, 4.69) is 10.3 Å². The molecule has 1 heterocycles. The number of imidazole rings is 1. The fourth-order valence-corrected chi connectivity index (χ4v) is 2.99. The van der Waals surface area contributed by atoms with E-state index in [4.69, 9.17) is 4.74 Å². The summed E-state index contributed by atoms with van der Waals surface area (Å²) in [5, 5.41) is 2.92. The average Bonchev–Trinajstić information content (AvgIpc) is 3.13. The number of nitrogens with zero attached hydrogens (tertiary/aromatic N) is 2. The molecule has 1 amide bonds. The molecule has 0 unspecified atom stereocenters. The van der Waals surface area contributed by atoms with Crippen molar-refractivity contribution < 1.29 is 9.53 Å². The highest BCUT2D eigenvalue weighted by Gasteiger charge is 2.12. The van der Waals surface area contributed by atoms with Crippen LogP contribution >= 0.6 is 0 Å². The third-order valence-corrected chi connectivity index (χ3v) is 4.28. The Morgan fingerprint density at radius 3 is 2.63 bits per heavy atom. The van der Waals surface area contributed by atoms with Gasteiger partial charge >= 0.3 is 0 Å². The van der Waals surface area contributed by atoms with Gasteiger partial charge in [-0.05, 0) is 49.4 Å². The number of aromatic nitrogens is 2. The molecule has 134 valence electrons. The molecule has 0 aliphatic carbocycles. The summed E-state index contributed by atoms with van der Waals surface area (Å²) >= 11 is 0. The predicted octanol–water partition coefficient (Wildman–Crippen LogP) is 4.68. The van der Waals surface area contributed by atoms with E-state index >= 15 is 0 Å². The van der Waals surface area contributed by atoms with Gasteiger partial charge in [0.2, 0.25) is 0 Å². The third kappa shape index (κ3) is 3.40. The van der Waals surface area contributed by atoms with Crippen LogP contribution in [0.2, 0.25) is 0 Å². The van der Waals surface area contributed by atoms with Crippen LogP contribution in [-0.4, -0.2) is 22.1 Å². The Bertz CT molecular complexity index is 1090. The zero-order chi connectivity index (χ0) is 18.6. The van der Waals surface area contributed by atoms with Gasteiger partial charge in [-0.1, -0.05) is 30.3 Å². The highest BCUT2D eigenvalue weighted by Crippen LogP contribution is 2.25. The Morgan fingerprint density at radius 2 is 1.81 bits per heavy atom. The molecule has 27 heavy (non-hydrogen) atoms. The smallest absolute Gasteiger partial charge is 0.255 e. The number of hydrogen-bond acceptors (Lipinski definition) is 3. The number of hydrogen-bond donors (Lipinski definition) is 1. The minimum atomic E-state index is -0.196. The summed E-state index contributed by atoms with van der Waals surface area (Å²) in [7, 11) is 0. The number of carbonyl (C=O) groups excluding carboxylic acids is 1. The summed E-state index contributed by atoms with van der Waals surface area (Å²) in [6.07, 6.45) is 1.77. The number of nitrogens with one attached hydrogen (secondary N) is 1. The minimum Gasteiger partial charge on any atom is -0.492 e. The molecule has 1 N–H and O–H groups in total. The molecule has 0 saturated carbocycles. The van der Waals surface area contributed by atoms with Crippen LogP contribution in [0.1, 0.15) is 17.3 Å². The Morgan fingerprint density at radius 1 is 1.04 bits per heavy atom. The summed E-state index contributed by atoms with van der Waals surface area (Å²) in [5.41, 5.74) is 3.95. The summed E-state index contributed by atoms with van der Waals surface area (Å²) in [6, 6.07) is 22.9. The van der Waals surface area contributed by atoms with Gasteiger partial charge in [0.25, 0.3) is 5.91 Å². The molecular formula is C22H19N3O2. The first-order chi connectivity index (χ1) is 13.3. The van der Waals surface area contributed by atoms with Gasteiger partial charge in [-0.2, -0.15) is 0 Å². The predicted molar refractivity (Wildman–Crippen MR) is 107 cm³/mol. The van der Waals surface area contributed by atoms with Crippen LogP contribution < -0.4 is 10.1 Å². The normalized spacial score (nSPS) is 10.7. The SMILES string of the molecule is CCOc1ccccc1NC(=O)c1ccc2c(c1)ncn2-c1ccccc1. The van der Waals surface area contributed by atoms with Crippen molar-refractivity contribution in [3.05, 3.63) is 84.7 Å². The zero-order valence-electron chi connectivity index (χ0n) is 14.9. The second-order valence-corrected chi connectivity index (χ2v) is 6.04. The maximum absolute atomic E-state index is 12.7. The van der Waals surface area contributed by atoms with E-state index in [1.807, 2.05) is 78.2 Å². The number of anilines is 1. The van der Waals surface area contributed by atoms with Crippen LogP contribution in [0.4, 0.5) is 5.69 Å². The fourth-order valence-electron chi connectivity index (χ4n) is 2.99. The number of rotatable bonds is 5. The van der Waals surface area contributed by atoms with Gasteiger partial charge in [-0.15, -0.1) is 0 Å². The molecule has 0 fully saturated rings. The lowest BCUT2D eigenvalue weighted by molar-refractivity contribution is 0.102. The number of amides is 1. The van der Waals surface area contributed by atoms with Crippen LogP contribution in [0.15, 0.2) is 79.1 Å². The maximum Gasteiger partial charge on any atom is 0.255 e. The highest BCUT2D eigenvalue weighted by molar-refractivity contribution is 6.06. The van der Waals surface area contributed by atoms with Crippen molar-refractivity contribution >= 4 is 22.6 Å². The van der Waals surface area contributed by atoms with E-state index in [0.29, 0.717) is 23.6 Å². The minimum absolute atomic E-state index is 0.196. The van der Waals surface area contributed by atoms with E-state index in [1.54, 1.807) is 12.4 Å². The molecule has 3 aromatic carbocycles. The number of benzene rings is 3. The quantitative estimate of drug-likeness (QED) is 0.564. The summed E-state index contributed by atoms with van der Waals surface area (Å²) in [5.74, 6) is 0.459. The van der Waals surface area contributed by atoms with E-state index in [0.717, 1.165) is 16.7 Å². The van der Waals surface area contributed by atoms with E-state index in [-0.39, 0.29) is 5.91 Å². The summed E-state index contributed by atoms with van der Waals surface area (Å²) in [6.45, 7) is 2.45. The van der Waals surface area contributed by atoms with E-state index in [9.17, 15) is 4.79 Å². The lowest BCUT2D eigenvalue weighted by Crippen LogP contribution is -2.13. The van der Waals surface area contributed by atoms with Crippen LogP contribution in [-0.2, 0) is 0 Å². The van der Waals surface area contributed by atoms with Gasteiger partial charge in [0.1, 0.15) is 12.1 Å². The lowest BCUT2D eigenvalue weighted by atomic mass is 10.1. The molecule has 0 bridgehead atoms. The lowest BCUT2D eigenvalue weighted by Gasteiger charge is -2.11. The first kappa shape index (κ1) is 16.8. The van der Waals surface area contributed by atoms with Crippen molar-refractivity contribution in [2.75, 3.05) is 11.9 Å². The third-order valence-electron chi connectivity index (χ3n) is 4.28. The van der Waals surface area contributed by atoms with Crippen molar-refractivity contribution in [3.63, 3.8) is 0 Å². The van der Waals surface area contributed by atoms with Crippen molar-refractivity contribution in [3.8, 4) is 11.4 Å². The van der Waals surface area contributed by atoms with Crippen molar-refractivity contribution in [2.24, 2.45) is 0 Å². The number of ether oxygens (including phenoxy) is 1. The number of carbonyl (C=O) groups is 1. The topological polar surface area (TPSA) is 56.1 Å². The molecule has 0 radical (unpaired) electrons. The first-order valence-electron chi connectivity index (χ1n) is 8.82. The molecule has 0 saturated heterocycles. The standard InChI is InChI=1S/C22H19N3O2/c1-2-27-21-11-7-6-10-18(21)24-22(26)16-12-13-20-19(14-16)23-15-25(20)17-8-4-3-5-9-17/h3-15H,2H2,1H3,(H,24,26). The monoisotopic (exact) mass is 357 g/mol. The first-order valence-corrected chi connectivity index (χ1v) is 8.82. The Hall–Kier alpha value is -3.60. The van der Waals surface area contributed by atoms with Gasteiger partial charge in [0, 0.05) is 11.3 Å². The van der Waals surface area contributed by atoms with Crippen molar-refractivity contribution in [2.45, 2.75) is 6.92 Å². The molecular weight excluding hydrogens is 338 g/mol. The average molecular weight is 357 g/mol. The largest absolute Gasteiger partial charge is 0.492 e. The Labute approximate surface area is 157 Å². The number of fused-ring (bicyclic) bond motifs is 1. The van der Waals surface area contributed by atoms with Gasteiger partial charge < -0.3 is 10.1 Å². The molecule has 5 heteroatoms. The number of para-hydroxylation sites is 3. The van der Waals surface area contributed by atoms with Crippen molar-refractivity contribution in [1.82, 2.24) is 9.55 Å². The molecule has 5 nitrogen and oxygen atoms in total. The Balaban J connectivity index is 1.62.